The largest absolute Gasteiger partial charge is 0.444 e. The van der Waals surface area contributed by atoms with Gasteiger partial charge in [0.2, 0.25) is 0 Å². The molecule has 1 aliphatic rings. The van der Waals surface area contributed by atoms with E-state index in [4.69, 9.17) is 4.74 Å². The average Bonchev–Trinajstić information content (AvgIpc) is 3.25. The number of β-amino-alcohol motifs (C(OH)–C–C–N with tert-alkyl or cyclic N) is 1. The summed E-state index contributed by atoms with van der Waals surface area (Å²) in [6.45, 7) is 5.74. The van der Waals surface area contributed by atoms with Crippen LogP contribution in [-0.2, 0) is 11.8 Å². The van der Waals surface area contributed by atoms with Gasteiger partial charge in [-0.15, -0.1) is 0 Å². The molecule has 1 N–H and O–H groups in total. The van der Waals surface area contributed by atoms with Crippen LogP contribution in [0.4, 0.5) is 4.79 Å². The van der Waals surface area contributed by atoms with Crippen molar-refractivity contribution in [2.24, 2.45) is 7.05 Å². The smallest absolute Gasteiger partial charge is 0.410 e. The lowest BCUT2D eigenvalue weighted by Crippen LogP contribution is -2.44. The highest BCUT2D eigenvalue weighted by Gasteiger charge is 2.39. The highest BCUT2D eigenvalue weighted by molar-refractivity contribution is 5.95. The number of likely N-dealkylation sites (N-methyl/N-ethyl adjacent to an activating group) is 1. The van der Waals surface area contributed by atoms with Gasteiger partial charge in [-0.1, -0.05) is 12.1 Å². The highest BCUT2D eigenvalue weighted by atomic mass is 16.6. The molecule has 8 heteroatoms. The van der Waals surface area contributed by atoms with Crippen LogP contribution < -0.4 is 0 Å². The molecule has 29 heavy (non-hydrogen) atoms. The lowest BCUT2D eigenvalue weighted by atomic mass is 10.1. The number of likely N-dealkylation sites (tertiary alicyclic amines) is 1. The minimum atomic E-state index is -0.828. The van der Waals surface area contributed by atoms with Crippen molar-refractivity contribution in [3.05, 3.63) is 42.2 Å². The van der Waals surface area contributed by atoms with E-state index >= 15 is 0 Å². The zero-order valence-electron chi connectivity index (χ0n) is 17.5. The Balaban J connectivity index is 1.67. The van der Waals surface area contributed by atoms with Crippen LogP contribution in [0.5, 0.6) is 0 Å². The molecule has 0 bridgehead atoms. The topological polar surface area (TPSA) is 87.9 Å². The molecule has 2 heterocycles. The summed E-state index contributed by atoms with van der Waals surface area (Å²) in [5.74, 6) is -0.210. The van der Waals surface area contributed by atoms with Crippen LogP contribution in [-0.4, -0.2) is 74.6 Å². The predicted molar refractivity (Wildman–Crippen MR) is 108 cm³/mol. The van der Waals surface area contributed by atoms with E-state index in [0.29, 0.717) is 5.56 Å². The van der Waals surface area contributed by atoms with Crippen LogP contribution in [0.15, 0.2) is 36.7 Å². The third kappa shape index (κ3) is 4.76. The molecule has 1 aromatic heterocycles. The molecular formula is C21H28N4O4. The van der Waals surface area contributed by atoms with Gasteiger partial charge in [-0.05, 0) is 38.5 Å². The molecule has 0 aliphatic carbocycles. The van der Waals surface area contributed by atoms with E-state index in [-0.39, 0.29) is 19.0 Å². The molecule has 1 saturated heterocycles. The van der Waals surface area contributed by atoms with Gasteiger partial charge in [-0.3, -0.25) is 9.48 Å². The van der Waals surface area contributed by atoms with Crippen molar-refractivity contribution in [3.63, 3.8) is 0 Å². The van der Waals surface area contributed by atoms with Crippen LogP contribution in [0.1, 0.15) is 31.1 Å². The molecule has 3 rings (SSSR count). The van der Waals surface area contributed by atoms with Gasteiger partial charge in [0, 0.05) is 38.0 Å². The molecule has 1 fully saturated rings. The monoisotopic (exact) mass is 400 g/mol. The first-order valence-electron chi connectivity index (χ1n) is 9.57. The number of carbonyl (C=O) groups excluding carboxylic acids is 2. The minimum absolute atomic E-state index is 0.136. The van der Waals surface area contributed by atoms with Gasteiger partial charge >= 0.3 is 6.09 Å². The molecule has 2 amide bonds. The van der Waals surface area contributed by atoms with Crippen molar-refractivity contribution in [1.29, 1.82) is 0 Å². The quantitative estimate of drug-likeness (QED) is 0.853. The third-order valence-electron chi connectivity index (χ3n) is 4.90. The second-order valence-electron chi connectivity index (χ2n) is 8.42. The molecule has 0 unspecified atom stereocenters. The van der Waals surface area contributed by atoms with Gasteiger partial charge in [0.1, 0.15) is 5.60 Å². The van der Waals surface area contributed by atoms with Crippen LogP contribution in [0.2, 0.25) is 0 Å². The first-order chi connectivity index (χ1) is 13.5. The molecule has 1 aliphatic heterocycles. The number of hydrogen-bond donors (Lipinski definition) is 1. The third-order valence-corrected chi connectivity index (χ3v) is 4.90. The molecular weight excluding hydrogens is 372 g/mol. The molecule has 0 spiro atoms. The average molecular weight is 400 g/mol. The van der Waals surface area contributed by atoms with E-state index in [1.165, 1.54) is 9.80 Å². The summed E-state index contributed by atoms with van der Waals surface area (Å²) in [6.07, 6.45) is 2.36. The van der Waals surface area contributed by atoms with Crippen molar-refractivity contribution in [1.82, 2.24) is 19.6 Å². The maximum Gasteiger partial charge on any atom is 0.410 e. The SMILES string of the molecule is CN(C(=O)c1ccc(-c2cnn(C)c2)cc1)[C@H]1CN(C(=O)OC(C)(C)C)C[C@@H]1O. The highest BCUT2D eigenvalue weighted by Crippen LogP contribution is 2.22. The Bertz CT molecular complexity index is 885. The lowest BCUT2D eigenvalue weighted by molar-refractivity contribution is 0.0268. The van der Waals surface area contributed by atoms with Crippen molar-refractivity contribution in [3.8, 4) is 11.1 Å². The van der Waals surface area contributed by atoms with E-state index < -0.39 is 23.8 Å². The number of rotatable bonds is 3. The first-order valence-corrected chi connectivity index (χ1v) is 9.57. The van der Waals surface area contributed by atoms with Crippen LogP contribution in [0.25, 0.3) is 11.1 Å². The molecule has 8 nitrogen and oxygen atoms in total. The van der Waals surface area contributed by atoms with Gasteiger partial charge in [0.15, 0.2) is 0 Å². The zero-order chi connectivity index (χ0) is 21.3. The summed E-state index contributed by atoms with van der Waals surface area (Å²) < 4.78 is 7.09. The van der Waals surface area contributed by atoms with E-state index in [0.717, 1.165) is 11.1 Å². The van der Waals surface area contributed by atoms with E-state index in [2.05, 4.69) is 5.10 Å². The summed E-state index contributed by atoms with van der Waals surface area (Å²) in [7, 11) is 3.49. The fraction of sp³-hybridized carbons (Fsp3) is 0.476. The zero-order valence-corrected chi connectivity index (χ0v) is 17.5. The van der Waals surface area contributed by atoms with Gasteiger partial charge in [0.05, 0.1) is 24.9 Å². The van der Waals surface area contributed by atoms with E-state index in [1.54, 1.807) is 50.8 Å². The van der Waals surface area contributed by atoms with E-state index in [1.807, 2.05) is 25.4 Å². The molecule has 156 valence electrons. The number of carbonyl (C=O) groups is 2. The summed E-state index contributed by atoms with van der Waals surface area (Å²) in [5, 5.41) is 14.6. The predicted octanol–water partition coefficient (Wildman–Crippen LogP) is 2.14. The molecule has 2 aromatic rings. The lowest BCUT2D eigenvalue weighted by Gasteiger charge is -2.27. The Morgan fingerprint density at radius 3 is 2.38 bits per heavy atom. The van der Waals surface area contributed by atoms with Gasteiger partial charge in [0.25, 0.3) is 5.91 Å². The van der Waals surface area contributed by atoms with Gasteiger partial charge in [-0.2, -0.15) is 5.10 Å². The molecule has 1 aromatic carbocycles. The van der Waals surface area contributed by atoms with Crippen molar-refractivity contribution in [2.75, 3.05) is 20.1 Å². The number of ether oxygens (including phenoxy) is 1. The van der Waals surface area contributed by atoms with Crippen molar-refractivity contribution >= 4 is 12.0 Å². The Morgan fingerprint density at radius 2 is 1.83 bits per heavy atom. The number of aliphatic hydroxyl groups is 1. The van der Waals surface area contributed by atoms with Gasteiger partial charge < -0.3 is 19.6 Å². The first kappa shape index (κ1) is 20.9. The number of amides is 2. The fourth-order valence-electron chi connectivity index (χ4n) is 3.36. The number of nitrogens with zero attached hydrogens (tertiary/aromatic N) is 4. The number of benzene rings is 1. The molecule has 0 saturated carbocycles. The van der Waals surface area contributed by atoms with Crippen LogP contribution >= 0.6 is 0 Å². The van der Waals surface area contributed by atoms with Gasteiger partial charge in [-0.25, -0.2) is 4.79 Å². The van der Waals surface area contributed by atoms with E-state index in [9.17, 15) is 14.7 Å². The normalized spacial score (nSPS) is 19.3. The summed E-state index contributed by atoms with van der Waals surface area (Å²) >= 11 is 0. The minimum Gasteiger partial charge on any atom is -0.444 e. The number of aromatic nitrogens is 2. The maximum atomic E-state index is 12.9. The Labute approximate surface area is 170 Å². The number of aryl methyl sites for hydroxylation is 1. The summed E-state index contributed by atoms with van der Waals surface area (Å²) in [5.41, 5.74) is 1.84. The van der Waals surface area contributed by atoms with Crippen LogP contribution in [0.3, 0.4) is 0 Å². The maximum absolute atomic E-state index is 12.9. The Hall–Kier alpha value is -2.87. The second-order valence-corrected chi connectivity index (χ2v) is 8.42. The standard InChI is InChI=1S/C21H28N4O4/c1-21(2,3)29-20(28)25-12-17(18(26)13-25)24(5)19(27)15-8-6-14(7-9-15)16-10-22-23(4)11-16/h6-11,17-18,26H,12-13H2,1-5H3/t17-,18-/m0/s1. The van der Waals surface area contributed by atoms with Crippen molar-refractivity contribution in [2.45, 2.75) is 38.5 Å². The number of hydrogen-bond acceptors (Lipinski definition) is 5. The second kappa shape index (κ2) is 7.87. The summed E-state index contributed by atoms with van der Waals surface area (Å²) in [4.78, 5) is 28.1. The Morgan fingerprint density at radius 1 is 1.17 bits per heavy atom. The fourth-order valence-corrected chi connectivity index (χ4v) is 3.36. The Kier molecular flexibility index (Phi) is 5.66. The summed E-state index contributed by atoms with van der Waals surface area (Å²) in [6, 6.07) is 6.77. The molecule has 0 radical (unpaired) electrons. The number of aliphatic hydroxyl groups excluding tert-OH is 1. The molecule has 2 atom stereocenters. The van der Waals surface area contributed by atoms with Crippen LogP contribution in [0, 0.1) is 0 Å². The van der Waals surface area contributed by atoms with Crippen molar-refractivity contribution < 1.29 is 19.4 Å².